The number of aryl methyl sites for hydroxylation is 1. The van der Waals surface area contributed by atoms with Crippen LogP contribution < -0.4 is 0 Å². The molecule has 7 heteroatoms. The van der Waals surface area contributed by atoms with E-state index >= 15 is 0 Å². The van der Waals surface area contributed by atoms with Crippen molar-refractivity contribution in [3.05, 3.63) is 48.6 Å². The summed E-state index contributed by atoms with van der Waals surface area (Å²) in [7, 11) is 0. The maximum atomic E-state index is 10.7. The molecule has 1 aromatic carbocycles. The van der Waals surface area contributed by atoms with Crippen LogP contribution in [0.15, 0.2) is 27.1 Å². The first-order valence-corrected chi connectivity index (χ1v) is 6.66. The average molecular weight is 375 g/mol. The molecule has 1 aromatic heterocycles. The van der Waals surface area contributed by atoms with Gasteiger partial charge in [-0.05, 0) is 51.8 Å². The summed E-state index contributed by atoms with van der Waals surface area (Å²) in [5, 5.41) is 15.1. The van der Waals surface area contributed by atoms with Gasteiger partial charge < -0.3 is 0 Å². The minimum Gasteiger partial charge on any atom is -0.258 e. The van der Waals surface area contributed by atoms with Crippen molar-refractivity contribution in [2.75, 3.05) is 0 Å². The molecule has 0 N–H and O–H groups in total. The van der Waals surface area contributed by atoms with E-state index in [0.717, 1.165) is 21.5 Å². The smallest absolute Gasteiger partial charge is 0.258 e. The summed E-state index contributed by atoms with van der Waals surface area (Å²) in [6.07, 6.45) is 0. The monoisotopic (exact) mass is 373 g/mol. The molecule has 0 bridgehead atoms. The fraction of sp³-hybridized carbons (Fsp3) is 0.182. The molecule has 0 aliphatic carbocycles. The average Bonchev–Trinajstić information content (AvgIpc) is 2.57. The third kappa shape index (κ3) is 2.20. The zero-order chi connectivity index (χ0) is 13.4. The lowest BCUT2D eigenvalue weighted by molar-refractivity contribution is -0.384. The molecular formula is C11H9Br2N3O2. The third-order valence-corrected chi connectivity index (χ3v) is 4.36. The van der Waals surface area contributed by atoms with Crippen LogP contribution in [0.25, 0.3) is 5.69 Å². The standard InChI is InChI=1S/C11H9Br2N3O2/c1-6-11(13)7(2)15(14-6)10-4-3-8(16(17)18)5-9(10)12/h3-5H,1-2H3. The lowest BCUT2D eigenvalue weighted by Gasteiger charge is -2.06. The van der Waals surface area contributed by atoms with Gasteiger partial charge in [0.25, 0.3) is 5.69 Å². The number of halogens is 2. The molecule has 0 fully saturated rings. The van der Waals surface area contributed by atoms with Crippen molar-refractivity contribution in [3.63, 3.8) is 0 Å². The van der Waals surface area contributed by atoms with Crippen molar-refractivity contribution in [1.29, 1.82) is 0 Å². The van der Waals surface area contributed by atoms with E-state index in [1.54, 1.807) is 10.7 Å². The van der Waals surface area contributed by atoms with Crippen LogP contribution in [-0.2, 0) is 0 Å². The maximum absolute atomic E-state index is 10.7. The summed E-state index contributed by atoms with van der Waals surface area (Å²) in [6, 6.07) is 4.61. The van der Waals surface area contributed by atoms with Gasteiger partial charge in [-0.1, -0.05) is 0 Å². The first kappa shape index (κ1) is 13.2. The Kier molecular flexibility index (Phi) is 3.54. The lowest BCUT2D eigenvalue weighted by atomic mass is 10.3. The van der Waals surface area contributed by atoms with Crippen LogP contribution in [0.3, 0.4) is 0 Å². The Morgan fingerprint density at radius 3 is 2.44 bits per heavy atom. The Morgan fingerprint density at radius 2 is 2.00 bits per heavy atom. The Balaban J connectivity index is 2.58. The highest BCUT2D eigenvalue weighted by Gasteiger charge is 2.15. The van der Waals surface area contributed by atoms with Gasteiger partial charge in [-0.25, -0.2) is 4.68 Å². The van der Waals surface area contributed by atoms with Crippen molar-refractivity contribution < 1.29 is 4.92 Å². The van der Waals surface area contributed by atoms with E-state index in [-0.39, 0.29) is 5.69 Å². The number of nitro benzene ring substituents is 1. The molecule has 0 atom stereocenters. The quantitative estimate of drug-likeness (QED) is 0.591. The number of rotatable bonds is 2. The topological polar surface area (TPSA) is 61.0 Å². The van der Waals surface area contributed by atoms with Crippen LogP contribution in [0, 0.1) is 24.0 Å². The van der Waals surface area contributed by atoms with Crippen LogP contribution in [0.2, 0.25) is 0 Å². The summed E-state index contributed by atoms with van der Waals surface area (Å²) < 4.78 is 3.32. The minimum atomic E-state index is -0.425. The molecule has 0 aliphatic heterocycles. The number of hydrogen-bond acceptors (Lipinski definition) is 3. The minimum absolute atomic E-state index is 0.0474. The van der Waals surface area contributed by atoms with E-state index in [0.29, 0.717) is 4.47 Å². The molecule has 0 unspecified atom stereocenters. The molecule has 2 aromatic rings. The van der Waals surface area contributed by atoms with Crippen molar-refractivity contribution in [1.82, 2.24) is 9.78 Å². The molecule has 0 saturated carbocycles. The van der Waals surface area contributed by atoms with Gasteiger partial charge in [-0.2, -0.15) is 5.10 Å². The predicted molar refractivity (Wildman–Crippen MR) is 75.1 cm³/mol. The van der Waals surface area contributed by atoms with Crippen LogP contribution in [0.1, 0.15) is 11.4 Å². The zero-order valence-corrected chi connectivity index (χ0v) is 12.8. The number of aromatic nitrogens is 2. The Bertz CT molecular complexity index is 637. The number of hydrogen-bond donors (Lipinski definition) is 0. The Morgan fingerprint density at radius 1 is 1.33 bits per heavy atom. The van der Waals surface area contributed by atoms with Crippen LogP contribution in [0.4, 0.5) is 5.69 Å². The first-order chi connectivity index (χ1) is 8.41. The highest BCUT2D eigenvalue weighted by Crippen LogP contribution is 2.29. The maximum Gasteiger partial charge on any atom is 0.270 e. The van der Waals surface area contributed by atoms with E-state index < -0.39 is 4.92 Å². The highest BCUT2D eigenvalue weighted by atomic mass is 79.9. The second-order valence-electron chi connectivity index (χ2n) is 3.79. The normalized spacial score (nSPS) is 10.7. The SMILES string of the molecule is Cc1nn(-c2ccc([N+](=O)[O-])cc2Br)c(C)c1Br. The molecule has 94 valence electrons. The van der Waals surface area contributed by atoms with Crippen molar-refractivity contribution >= 4 is 37.5 Å². The Labute approximate surface area is 120 Å². The second-order valence-corrected chi connectivity index (χ2v) is 5.44. The van der Waals surface area contributed by atoms with E-state index in [4.69, 9.17) is 0 Å². The number of benzene rings is 1. The van der Waals surface area contributed by atoms with Gasteiger partial charge in [0.2, 0.25) is 0 Å². The third-order valence-electron chi connectivity index (χ3n) is 2.57. The van der Waals surface area contributed by atoms with Gasteiger partial charge >= 0.3 is 0 Å². The van der Waals surface area contributed by atoms with Gasteiger partial charge in [-0.15, -0.1) is 0 Å². The lowest BCUT2D eigenvalue weighted by Crippen LogP contribution is -2.01. The molecule has 0 saturated heterocycles. The molecule has 0 amide bonds. The largest absolute Gasteiger partial charge is 0.270 e. The number of nitrogens with zero attached hydrogens (tertiary/aromatic N) is 3. The van der Waals surface area contributed by atoms with Gasteiger partial charge in [0.05, 0.1) is 30.9 Å². The summed E-state index contributed by atoms with van der Waals surface area (Å²) in [5.41, 5.74) is 2.64. The van der Waals surface area contributed by atoms with Crippen LogP contribution in [-0.4, -0.2) is 14.7 Å². The molecule has 2 rings (SSSR count). The van der Waals surface area contributed by atoms with Crippen LogP contribution in [0.5, 0.6) is 0 Å². The highest BCUT2D eigenvalue weighted by molar-refractivity contribution is 9.11. The molecule has 0 radical (unpaired) electrons. The van der Waals surface area contributed by atoms with E-state index in [2.05, 4.69) is 37.0 Å². The van der Waals surface area contributed by atoms with Crippen LogP contribution >= 0.6 is 31.9 Å². The first-order valence-electron chi connectivity index (χ1n) is 5.08. The molecule has 0 spiro atoms. The summed E-state index contributed by atoms with van der Waals surface area (Å²) in [4.78, 5) is 10.3. The van der Waals surface area contributed by atoms with E-state index in [9.17, 15) is 10.1 Å². The Hall–Kier alpha value is -1.21. The van der Waals surface area contributed by atoms with Crippen molar-refractivity contribution in [2.45, 2.75) is 13.8 Å². The molecule has 0 aliphatic rings. The van der Waals surface area contributed by atoms with E-state index in [1.807, 2.05) is 13.8 Å². The summed E-state index contributed by atoms with van der Waals surface area (Å²) in [6.45, 7) is 3.82. The van der Waals surface area contributed by atoms with E-state index in [1.165, 1.54) is 12.1 Å². The fourth-order valence-electron chi connectivity index (χ4n) is 1.64. The molecular weight excluding hydrogens is 366 g/mol. The van der Waals surface area contributed by atoms with Crippen molar-refractivity contribution in [3.8, 4) is 5.69 Å². The van der Waals surface area contributed by atoms with Gasteiger partial charge in [0.1, 0.15) is 0 Å². The summed E-state index contributed by atoms with van der Waals surface area (Å²) in [5.74, 6) is 0. The second kappa shape index (κ2) is 4.81. The predicted octanol–water partition coefficient (Wildman–Crippen LogP) is 3.92. The van der Waals surface area contributed by atoms with Gasteiger partial charge in [0.15, 0.2) is 0 Å². The zero-order valence-electron chi connectivity index (χ0n) is 9.65. The van der Waals surface area contributed by atoms with Gasteiger partial charge in [-0.3, -0.25) is 10.1 Å². The number of non-ortho nitro benzene ring substituents is 1. The number of nitro groups is 1. The molecule has 18 heavy (non-hydrogen) atoms. The fourth-order valence-corrected chi connectivity index (χ4v) is 2.42. The molecule has 5 nitrogen and oxygen atoms in total. The van der Waals surface area contributed by atoms with Crippen molar-refractivity contribution in [2.24, 2.45) is 0 Å². The summed E-state index contributed by atoms with van der Waals surface area (Å²) >= 11 is 6.79. The molecule has 1 heterocycles. The van der Waals surface area contributed by atoms with Gasteiger partial charge in [0, 0.05) is 12.1 Å².